The van der Waals surface area contributed by atoms with E-state index >= 15 is 0 Å². The van der Waals surface area contributed by atoms with Crippen LogP contribution in [-0.2, 0) is 0 Å². The number of hydrogen-bond acceptors (Lipinski definition) is 2. The summed E-state index contributed by atoms with van der Waals surface area (Å²) < 4.78 is 0. The number of benzene rings is 1. The molecule has 1 aromatic rings. The van der Waals surface area contributed by atoms with Gasteiger partial charge in [-0.2, -0.15) is 0 Å². The lowest BCUT2D eigenvalue weighted by molar-refractivity contribution is 1.50. The average Bonchev–Trinajstić information content (AvgIpc) is 2.03. The Labute approximate surface area is 72.2 Å². The predicted octanol–water partition coefficient (Wildman–Crippen LogP) is 1.84. The zero-order valence-electron chi connectivity index (χ0n) is 6.88. The first kappa shape index (κ1) is 8.40. The maximum Gasteiger partial charge on any atom is 0.0394 e. The van der Waals surface area contributed by atoms with Crippen molar-refractivity contribution < 1.29 is 0 Å². The summed E-state index contributed by atoms with van der Waals surface area (Å²) in [6, 6.07) is 5.52. The molecule has 62 valence electrons. The minimum atomic E-state index is 0.511. The second kappa shape index (κ2) is 3.13. The summed E-state index contributed by atoms with van der Waals surface area (Å²) in [6.45, 7) is 7.31. The number of anilines is 1. The normalized spacial score (nSPS) is 9.33. The zero-order chi connectivity index (χ0) is 9.14. The van der Waals surface area contributed by atoms with Crippen molar-refractivity contribution in [1.82, 2.24) is 0 Å². The monoisotopic (exact) mass is 160 g/mol. The van der Waals surface area contributed by atoms with E-state index in [1.807, 2.05) is 18.2 Å². The molecular weight excluding hydrogens is 148 g/mol. The molecule has 4 N–H and O–H groups in total. The van der Waals surface area contributed by atoms with Gasteiger partial charge in [0.05, 0.1) is 0 Å². The molecule has 0 unspecified atom stereocenters. The number of nitrogens with two attached hydrogens (primary N) is 2. The Morgan fingerprint density at radius 3 is 2.50 bits per heavy atom. The maximum absolute atomic E-state index is 5.70. The molecule has 2 heteroatoms. The number of nitrogen functional groups attached to an aromatic ring is 1. The summed E-state index contributed by atoms with van der Waals surface area (Å²) in [6.07, 6.45) is 1.68. The van der Waals surface area contributed by atoms with Crippen LogP contribution in [0.15, 0.2) is 31.4 Å². The highest BCUT2D eigenvalue weighted by Crippen LogP contribution is 2.21. The van der Waals surface area contributed by atoms with Crippen molar-refractivity contribution in [3.05, 3.63) is 42.5 Å². The summed E-state index contributed by atoms with van der Waals surface area (Å²) in [7, 11) is 0. The van der Waals surface area contributed by atoms with Crippen LogP contribution >= 0.6 is 0 Å². The smallest absolute Gasteiger partial charge is 0.0394 e. The molecule has 0 atom stereocenters. The fourth-order valence-electron chi connectivity index (χ4n) is 1.09. The molecule has 0 bridgehead atoms. The molecule has 0 amide bonds. The Kier molecular flexibility index (Phi) is 2.19. The first-order valence-electron chi connectivity index (χ1n) is 3.62. The molecule has 0 heterocycles. The van der Waals surface area contributed by atoms with Crippen LogP contribution < -0.4 is 11.5 Å². The van der Waals surface area contributed by atoms with Gasteiger partial charge >= 0.3 is 0 Å². The fraction of sp³-hybridized carbons (Fsp3) is 0. The van der Waals surface area contributed by atoms with Gasteiger partial charge in [-0.05, 0) is 6.07 Å². The summed E-state index contributed by atoms with van der Waals surface area (Å²) in [4.78, 5) is 0. The molecule has 1 rings (SSSR count). The molecule has 0 aliphatic heterocycles. The van der Waals surface area contributed by atoms with Gasteiger partial charge in [-0.3, -0.25) is 0 Å². The fourth-order valence-corrected chi connectivity index (χ4v) is 1.09. The molecule has 0 aromatic heterocycles. The first-order chi connectivity index (χ1) is 5.66. The third-order valence-corrected chi connectivity index (χ3v) is 1.69. The van der Waals surface area contributed by atoms with Crippen molar-refractivity contribution in [2.24, 2.45) is 5.73 Å². The van der Waals surface area contributed by atoms with Gasteiger partial charge in [-0.15, -0.1) is 0 Å². The lowest BCUT2D eigenvalue weighted by Gasteiger charge is -2.07. The highest BCUT2D eigenvalue weighted by atomic mass is 14.6. The molecule has 0 fully saturated rings. The van der Waals surface area contributed by atoms with Crippen molar-refractivity contribution in [3.63, 3.8) is 0 Å². The second-order valence-electron chi connectivity index (χ2n) is 2.54. The van der Waals surface area contributed by atoms with Crippen LogP contribution in [-0.4, -0.2) is 0 Å². The van der Waals surface area contributed by atoms with Gasteiger partial charge in [-0.25, -0.2) is 0 Å². The van der Waals surface area contributed by atoms with E-state index in [4.69, 9.17) is 11.5 Å². The van der Waals surface area contributed by atoms with E-state index in [1.54, 1.807) is 6.08 Å². The van der Waals surface area contributed by atoms with Crippen LogP contribution in [0.5, 0.6) is 0 Å². The lowest BCUT2D eigenvalue weighted by Crippen LogP contribution is -1.99. The van der Waals surface area contributed by atoms with Gasteiger partial charge in [-0.1, -0.05) is 31.4 Å². The Bertz CT molecular complexity index is 327. The molecule has 0 spiro atoms. The minimum absolute atomic E-state index is 0.511. The van der Waals surface area contributed by atoms with Gasteiger partial charge < -0.3 is 11.5 Å². The quantitative estimate of drug-likeness (QED) is 0.648. The van der Waals surface area contributed by atoms with Crippen LogP contribution in [0.2, 0.25) is 0 Å². The van der Waals surface area contributed by atoms with E-state index in [1.165, 1.54) is 0 Å². The highest BCUT2D eigenvalue weighted by molar-refractivity contribution is 5.77. The van der Waals surface area contributed by atoms with E-state index in [0.29, 0.717) is 11.4 Å². The minimum Gasteiger partial charge on any atom is -0.399 e. The summed E-state index contributed by atoms with van der Waals surface area (Å²) in [5, 5.41) is 0. The Morgan fingerprint density at radius 1 is 1.42 bits per heavy atom. The Morgan fingerprint density at radius 2 is 2.08 bits per heavy atom. The van der Waals surface area contributed by atoms with Crippen LogP contribution in [0.4, 0.5) is 5.69 Å². The zero-order valence-corrected chi connectivity index (χ0v) is 6.88. The van der Waals surface area contributed by atoms with Crippen molar-refractivity contribution in [2.45, 2.75) is 0 Å². The topological polar surface area (TPSA) is 52.0 Å². The largest absolute Gasteiger partial charge is 0.399 e. The van der Waals surface area contributed by atoms with E-state index in [-0.39, 0.29) is 0 Å². The molecule has 0 saturated heterocycles. The molecule has 12 heavy (non-hydrogen) atoms. The van der Waals surface area contributed by atoms with E-state index in [0.717, 1.165) is 11.1 Å². The van der Waals surface area contributed by atoms with Crippen LogP contribution in [0, 0.1) is 0 Å². The average molecular weight is 160 g/mol. The predicted molar refractivity (Wildman–Crippen MR) is 54.2 cm³/mol. The van der Waals surface area contributed by atoms with Gasteiger partial charge in [0.25, 0.3) is 0 Å². The lowest BCUT2D eigenvalue weighted by atomic mass is 10.0. The van der Waals surface area contributed by atoms with Crippen LogP contribution in [0.1, 0.15) is 11.1 Å². The highest BCUT2D eigenvalue weighted by Gasteiger charge is 2.02. The number of rotatable bonds is 2. The Balaban J connectivity index is 3.37. The third kappa shape index (κ3) is 1.32. The van der Waals surface area contributed by atoms with E-state index < -0.39 is 0 Å². The summed E-state index contributed by atoms with van der Waals surface area (Å²) in [5.74, 6) is 0. The van der Waals surface area contributed by atoms with Crippen molar-refractivity contribution in [2.75, 3.05) is 5.73 Å². The first-order valence-corrected chi connectivity index (χ1v) is 3.62. The molecule has 0 aliphatic rings. The van der Waals surface area contributed by atoms with Gasteiger partial charge in [0.15, 0.2) is 0 Å². The molecule has 0 aliphatic carbocycles. The van der Waals surface area contributed by atoms with Crippen LogP contribution in [0.3, 0.4) is 0 Å². The van der Waals surface area contributed by atoms with E-state index in [2.05, 4.69) is 13.2 Å². The SMILES string of the molecule is C=Cc1c(N)cccc1C(=C)N. The molecule has 1 aromatic carbocycles. The summed E-state index contributed by atoms with van der Waals surface area (Å²) >= 11 is 0. The molecule has 0 radical (unpaired) electrons. The van der Waals surface area contributed by atoms with E-state index in [9.17, 15) is 0 Å². The molecule has 2 nitrogen and oxygen atoms in total. The van der Waals surface area contributed by atoms with Crippen LogP contribution in [0.25, 0.3) is 11.8 Å². The third-order valence-electron chi connectivity index (χ3n) is 1.69. The van der Waals surface area contributed by atoms with Crippen molar-refractivity contribution in [1.29, 1.82) is 0 Å². The summed E-state index contributed by atoms with van der Waals surface area (Å²) in [5.41, 5.74) is 14.2. The second-order valence-corrected chi connectivity index (χ2v) is 2.54. The van der Waals surface area contributed by atoms with Gasteiger partial charge in [0.2, 0.25) is 0 Å². The number of hydrogen-bond donors (Lipinski definition) is 2. The van der Waals surface area contributed by atoms with Gasteiger partial charge in [0.1, 0.15) is 0 Å². The van der Waals surface area contributed by atoms with Crippen molar-refractivity contribution in [3.8, 4) is 0 Å². The maximum atomic E-state index is 5.70. The Hall–Kier alpha value is -1.70. The molecular formula is C10H12N2. The van der Waals surface area contributed by atoms with Crippen molar-refractivity contribution >= 4 is 17.5 Å². The molecule has 0 saturated carbocycles. The van der Waals surface area contributed by atoms with Gasteiger partial charge in [0, 0.05) is 22.5 Å². The standard InChI is InChI=1S/C10H12N2/c1-3-8-9(7(2)11)5-4-6-10(8)12/h3-6H,1-2,11-12H2.